The van der Waals surface area contributed by atoms with Gasteiger partial charge in [-0.15, -0.1) is 11.8 Å². The van der Waals surface area contributed by atoms with Gasteiger partial charge < -0.3 is 5.73 Å². The fourth-order valence-corrected chi connectivity index (χ4v) is 3.19. The van der Waals surface area contributed by atoms with Crippen LogP contribution in [0.3, 0.4) is 0 Å². The monoisotopic (exact) mass is 353 g/mol. The van der Waals surface area contributed by atoms with Crippen molar-refractivity contribution in [2.75, 3.05) is 11.5 Å². The van der Waals surface area contributed by atoms with Gasteiger partial charge >= 0.3 is 5.69 Å². The van der Waals surface area contributed by atoms with Crippen LogP contribution in [0.25, 0.3) is 0 Å². The van der Waals surface area contributed by atoms with Crippen molar-refractivity contribution in [3.63, 3.8) is 0 Å². The molecule has 1 heterocycles. The van der Waals surface area contributed by atoms with Gasteiger partial charge in [-0.2, -0.15) is 0 Å². The first-order valence-electron chi connectivity index (χ1n) is 6.98. The number of nitrogens with two attached hydrogens (primary N) is 1. The second-order valence-corrected chi connectivity index (χ2v) is 6.24. The number of thioether (sulfide) groups is 1. The van der Waals surface area contributed by atoms with Gasteiger partial charge in [0.1, 0.15) is 11.4 Å². The Morgan fingerprint density at radius 3 is 2.70 bits per heavy atom. The molecule has 0 radical (unpaired) electrons. The lowest BCUT2D eigenvalue weighted by molar-refractivity contribution is 0.102. The van der Waals surface area contributed by atoms with E-state index in [9.17, 15) is 14.4 Å². The van der Waals surface area contributed by atoms with Crippen LogP contribution in [0.4, 0.5) is 5.82 Å². The number of nitrogens with zero attached hydrogens (tertiary/aromatic N) is 1. The zero-order valence-electron chi connectivity index (χ0n) is 12.5. The standard InChI is InChI=1S/C15H16ClN3O3S/c1-2-7-19-13(17)12(14(21)18-15(19)22)10(20)8-23-11-6-4-3-5-9(11)16/h3-6H,2,7-8,17H2,1H3,(H,18,21,22). The van der Waals surface area contributed by atoms with Crippen LogP contribution in [-0.2, 0) is 6.54 Å². The third-order valence-corrected chi connectivity index (χ3v) is 4.68. The van der Waals surface area contributed by atoms with E-state index in [1.165, 1.54) is 16.3 Å². The van der Waals surface area contributed by atoms with Crippen LogP contribution in [0.1, 0.15) is 23.7 Å². The summed E-state index contributed by atoms with van der Waals surface area (Å²) < 4.78 is 1.20. The number of H-pyrrole nitrogens is 1. The molecule has 2 rings (SSSR count). The summed E-state index contributed by atoms with van der Waals surface area (Å²) in [6.45, 7) is 2.20. The molecule has 0 spiro atoms. The number of nitrogen functional groups attached to an aromatic ring is 1. The SMILES string of the molecule is CCCn1c(N)c(C(=O)CSc2ccccc2Cl)c(=O)[nH]c1=O. The van der Waals surface area contributed by atoms with Crippen molar-refractivity contribution in [2.24, 2.45) is 0 Å². The number of halogens is 1. The van der Waals surface area contributed by atoms with E-state index in [4.69, 9.17) is 17.3 Å². The Morgan fingerprint density at radius 1 is 1.35 bits per heavy atom. The first kappa shape index (κ1) is 17.4. The minimum Gasteiger partial charge on any atom is -0.384 e. The van der Waals surface area contributed by atoms with Gasteiger partial charge in [0, 0.05) is 11.4 Å². The maximum absolute atomic E-state index is 12.4. The van der Waals surface area contributed by atoms with Crippen molar-refractivity contribution in [2.45, 2.75) is 24.8 Å². The maximum atomic E-state index is 12.4. The predicted molar refractivity (Wildman–Crippen MR) is 92.5 cm³/mol. The lowest BCUT2D eigenvalue weighted by Gasteiger charge is -2.11. The van der Waals surface area contributed by atoms with E-state index >= 15 is 0 Å². The molecule has 1 aromatic heterocycles. The van der Waals surface area contributed by atoms with Gasteiger partial charge in [-0.05, 0) is 18.6 Å². The Balaban J connectivity index is 2.29. The van der Waals surface area contributed by atoms with Gasteiger partial charge in [0.2, 0.25) is 0 Å². The van der Waals surface area contributed by atoms with Crippen LogP contribution in [-0.4, -0.2) is 21.1 Å². The Kier molecular flexibility index (Phi) is 5.68. The zero-order chi connectivity index (χ0) is 17.0. The van der Waals surface area contributed by atoms with Gasteiger partial charge in [0.05, 0.1) is 10.8 Å². The summed E-state index contributed by atoms with van der Waals surface area (Å²) in [5, 5.41) is 0.531. The molecule has 8 heteroatoms. The molecular weight excluding hydrogens is 338 g/mol. The number of hydrogen-bond acceptors (Lipinski definition) is 5. The number of carbonyl (C=O) groups is 1. The molecule has 0 fully saturated rings. The summed E-state index contributed by atoms with van der Waals surface area (Å²) in [4.78, 5) is 38.9. The van der Waals surface area contributed by atoms with Crippen LogP contribution in [0.15, 0.2) is 38.8 Å². The molecule has 0 aliphatic heterocycles. The molecule has 0 saturated heterocycles. The highest BCUT2D eigenvalue weighted by Gasteiger charge is 2.19. The second-order valence-electron chi connectivity index (χ2n) is 4.81. The fraction of sp³-hybridized carbons (Fsp3) is 0.267. The topological polar surface area (TPSA) is 97.9 Å². The third-order valence-electron chi connectivity index (χ3n) is 3.16. The first-order valence-corrected chi connectivity index (χ1v) is 8.35. The molecule has 2 aromatic rings. The molecule has 0 aliphatic carbocycles. The fourth-order valence-electron chi connectivity index (χ4n) is 2.08. The molecule has 0 unspecified atom stereocenters. The number of nitrogens with one attached hydrogen (secondary N) is 1. The van der Waals surface area contributed by atoms with E-state index in [1.807, 2.05) is 6.92 Å². The van der Waals surface area contributed by atoms with Crippen molar-refractivity contribution in [3.05, 3.63) is 55.7 Å². The van der Waals surface area contributed by atoms with Crippen LogP contribution < -0.4 is 17.0 Å². The van der Waals surface area contributed by atoms with Crippen LogP contribution in [0, 0.1) is 0 Å². The molecule has 0 saturated carbocycles. The zero-order valence-corrected chi connectivity index (χ0v) is 14.0. The highest BCUT2D eigenvalue weighted by molar-refractivity contribution is 8.00. The lowest BCUT2D eigenvalue weighted by Crippen LogP contribution is -2.36. The average molecular weight is 354 g/mol. The lowest BCUT2D eigenvalue weighted by atomic mass is 10.2. The van der Waals surface area contributed by atoms with E-state index < -0.39 is 17.0 Å². The van der Waals surface area contributed by atoms with Crippen molar-refractivity contribution in [1.29, 1.82) is 0 Å². The normalized spacial score (nSPS) is 10.7. The maximum Gasteiger partial charge on any atom is 0.329 e. The molecule has 1 aromatic carbocycles. The molecule has 3 N–H and O–H groups in total. The Labute approximate surface area is 141 Å². The summed E-state index contributed by atoms with van der Waals surface area (Å²) in [5.74, 6) is -0.537. The molecule has 0 bridgehead atoms. The Hall–Kier alpha value is -1.99. The van der Waals surface area contributed by atoms with Crippen LogP contribution >= 0.6 is 23.4 Å². The molecule has 0 amide bonds. The second kappa shape index (κ2) is 7.52. The van der Waals surface area contributed by atoms with Crippen LogP contribution in [0.5, 0.6) is 0 Å². The highest BCUT2D eigenvalue weighted by atomic mass is 35.5. The van der Waals surface area contributed by atoms with Crippen molar-refractivity contribution in [3.8, 4) is 0 Å². The third kappa shape index (κ3) is 3.86. The van der Waals surface area contributed by atoms with Gasteiger partial charge in [0.15, 0.2) is 5.78 Å². The number of ketones is 1. The summed E-state index contributed by atoms with van der Waals surface area (Å²) in [6, 6.07) is 7.10. The number of aromatic amines is 1. The largest absolute Gasteiger partial charge is 0.384 e. The number of carbonyl (C=O) groups excluding carboxylic acids is 1. The smallest absolute Gasteiger partial charge is 0.329 e. The van der Waals surface area contributed by atoms with E-state index in [0.717, 1.165) is 4.90 Å². The van der Waals surface area contributed by atoms with Gasteiger partial charge in [0.25, 0.3) is 5.56 Å². The number of hydrogen-bond donors (Lipinski definition) is 2. The first-order chi connectivity index (χ1) is 11.0. The van der Waals surface area contributed by atoms with E-state index in [-0.39, 0.29) is 17.1 Å². The average Bonchev–Trinajstić information content (AvgIpc) is 2.50. The van der Waals surface area contributed by atoms with Crippen molar-refractivity contribution < 1.29 is 4.79 Å². The molecular formula is C15H16ClN3O3S. The summed E-state index contributed by atoms with van der Waals surface area (Å²) in [6.07, 6.45) is 0.651. The highest BCUT2D eigenvalue weighted by Crippen LogP contribution is 2.27. The Morgan fingerprint density at radius 2 is 2.04 bits per heavy atom. The van der Waals surface area contributed by atoms with E-state index in [2.05, 4.69) is 4.98 Å². The van der Waals surface area contributed by atoms with Crippen molar-refractivity contribution in [1.82, 2.24) is 9.55 Å². The van der Waals surface area contributed by atoms with Crippen LogP contribution in [0.2, 0.25) is 5.02 Å². The minimum atomic E-state index is -0.760. The van der Waals surface area contributed by atoms with Gasteiger partial charge in [-0.1, -0.05) is 30.7 Å². The van der Waals surface area contributed by atoms with Gasteiger partial charge in [-0.3, -0.25) is 19.1 Å². The Bertz CT molecular complexity index is 845. The number of rotatable bonds is 6. The number of anilines is 1. The molecule has 6 nitrogen and oxygen atoms in total. The summed E-state index contributed by atoms with van der Waals surface area (Å²) in [5.41, 5.74) is 4.31. The van der Waals surface area contributed by atoms with E-state index in [0.29, 0.717) is 18.0 Å². The molecule has 122 valence electrons. The number of aromatic nitrogens is 2. The predicted octanol–water partition coefficient (Wildman–Crippen LogP) is 2.16. The molecule has 0 atom stereocenters. The quantitative estimate of drug-likeness (QED) is 0.612. The van der Waals surface area contributed by atoms with Gasteiger partial charge in [-0.25, -0.2) is 4.79 Å². The van der Waals surface area contributed by atoms with Crippen molar-refractivity contribution >= 4 is 35.0 Å². The number of Topliss-reactive ketones (excluding diaryl/α,β-unsaturated/α-hetero) is 1. The molecule has 23 heavy (non-hydrogen) atoms. The van der Waals surface area contributed by atoms with E-state index in [1.54, 1.807) is 24.3 Å². The number of benzene rings is 1. The molecule has 0 aliphatic rings. The summed E-state index contributed by atoms with van der Waals surface area (Å²) in [7, 11) is 0. The summed E-state index contributed by atoms with van der Waals surface area (Å²) >= 11 is 7.25. The minimum absolute atomic E-state index is 0.00133.